The average molecular weight is 376 g/mol. The van der Waals surface area contributed by atoms with E-state index in [0.717, 1.165) is 48.2 Å². The van der Waals surface area contributed by atoms with Gasteiger partial charge < -0.3 is 14.8 Å². The van der Waals surface area contributed by atoms with Crippen LogP contribution in [0.25, 0.3) is 11.0 Å². The standard InChI is InChI=1S/C22H24N4O2/c1-16(27)25-12-4-5-18(14-25)22(28)24-19-10-8-17(9-11-19)13-26-15-23-20-6-2-3-7-21(20)26/h2-3,6-11,15,18H,4-5,12-14H2,1H3,(H,24,28). The number of nitrogens with one attached hydrogen (secondary N) is 1. The number of hydrogen-bond donors (Lipinski definition) is 1. The normalized spacial score (nSPS) is 16.9. The van der Waals surface area contributed by atoms with Crippen molar-refractivity contribution in [2.75, 3.05) is 18.4 Å². The molecule has 144 valence electrons. The van der Waals surface area contributed by atoms with Crippen LogP contribution in [0.1, 0.15) is 25.3 Å². The lowest BCUT2D eigenvalue weighted by molar-refractivity contribution is -0.132. The Bertz CT molecular complexity index is 993. The number of amides is 2. The molecular weight excluding hydrogens is 352 g/mol. The Morgan fingerprint density at radius 2 is 1.93 bits per heavy atom. The number of rotatable bonds is 4. The molecule has 2 amide bonds. The van der Waals surface area contributed by atoms with Gasteiger partial charge in [0.15, 0.2) is 0 Å². The first-order valence-electron chi connectivity index (χ1n) is 9.65. The second-order valence-electron chi connectivity index (χ2n) is 7.35. The van der Waals surface area contributed by atoms with E-state index >= 15 is 0 Å². The van der Waals surface area contributed by atoms with Crippen LogP contribution in [0.5, 0.6) is 0 Å². The zero-order valence-corrected chi connectivity index (χ0v) is 16.0. The van der Waals surface area contributed by atoms with Crippen LogP contribution in [0, 0.1) is 5.92 Å². The third-order valence-corrected chi connectivity index (χ3v) is 5.34. The smallest absolute Gasteiger partial charge is 0.229 e. The molecule has 4 rings (SSSR count). The first-order valence-corrected chi connectivity index (χ1v) is 9.65. The highest BCUT2D eigenvalue weighted by atomic mass is 16.2. The second-order valence-corrected chi connectivity index (χ2v) is 7.35. The molecule has 0 aliphatic carbocycles. The van der Waals surface area contributed by atoms with Gasteiger partial charge in [-0.3, -0.25) is 9.59 Å². The van der Waals surface area contributed by atoms with Gasteiger partial charge in [0.1, 0.15) is 0 Å². The van der Waals surface area contributed by atoms with Crippen LogP contribution < -0.4 is 5.32 Å². The Morgan fingerprint density at radius 1 is 1.14 bits per heavy atom. The van der Waals surface area contributed by atoms with Gasteiger partial charge in [-0.15, -0.1) is 0 Å². The summed E-state index contributed by atoms with van der Waals surface area (Å²) >= 11 is 0. The highest BCUT2D eigenvalue weighted by molar-refractivity contribution is 5.93. The van der Waals surface area contributed by atoms with Gasteiger partial charge in [0, 0.05) is 32.2 Å². The first-order chi connectivity index (χ1) is 13.6. The molecular formula is C22H24N4O2. The van der Waals surface area contributed by atoms with Gasteiger partial charge in [0.05, 0.1) is 23.3 Å². The number of nitrogens with zero attached hydrogens (tertiary/aromatic N) is 3. The van der Waals surface area contributed by atoms with Gasteiger partial charge in [-0.1, -0.05) is 24.3 Å². The van der Waals surface area contributed by atoms with E-state index in [1.165, 1.54) is 0 Å². The minimum atomic E-state index is -0.144. The summed E-state index contributed by atoms with van der Waals surface area (Å²) in [6.07, 6.45) is 3.54. The van der Waals surface area contributed by atoms with Gasteiger partial charge in [0.25, 0.3) is 0 Å². The van der Waals surface area contributed by atoms with Crippen molar-refractivity contribution in [3.8, 4) is 0 Å². The fourth-order valence-corrected chi connectivity index (χ4v) is 3.75. The molecule has 1 fully saturated rings. The highest BCUT2D eigenvalue weighted by Crippen LogP contribution is 2.20. The zero-order chi connectivity index (χ0) is 19.5. The van der Waals surface area contributed by atoms with Crippen LogP contribution in [-0.2, 0) is 16.1 Å². The molecule has 0 saturated carbocycles. The molecule has 0 radical (unpaired) electrons. The van der Waals surface area contributed by atoms with E-state index in [1.54, 1.807) is 11.8 Å². The number of likely N-dealkylation sites (tertiary alicyclic amines) is 1. The molecule has 3 aromatic rings. The maximum Gasteiger partial charge on any atom is 0.229 e. The van der Waals surface area contributed by atoms with Crippen molar-refractivity contribution in [1.29, 1.82) is 0 Å². The molecule has 28 heavy (non-hydrogen) atoms. The summed E-state index contributed by atoms with van der Waals surface area (Å²) in [5.74, 6) is -0.122. The molecule has 1 unspecified atom stereocenters. The molecule has 1 aliphatic heterocycles. The van der Waals surface area contributed by atoms with E-state index in [-0.39, 0.29) is 17.7 Å². The maximum atomic E-state index is 12.6. The molecule has 1 saturated heterocycles. The van der Waals surface area contributed by atoms with Crippen molar-refractivity contribution >= 4 is 28.5 Å². The van der Waals surface area contributed by atoms with Gasteiger partial charge in [-0.05, 0) is 42.7 Å². The first kappa shape index (κ1) is 18.2. The van der Waals surface area contributed by atoms with Crippen LogP contribution in [-0.4, -0.2) is 39.4 Å². The number of anilines is 1. The van der Waals surface area contributed by atoms with Crippen LogP contribution in [0.3, 0.4) is 0 Å². The lowest BCUT2D eigenvalue weighted by Crippen LogP contribution is -2.42. The summed E-state index contributed by atoms with van der Waals surface area (Å²) < 4.78 is 2.11. The Balaban J connectivity index is 1.39. The molecule has 0 bridgehead atoms. The van der Waals surface area contributed by atoms with E-state index in [1.807, 2.05) is 48.8 Å². The highest BCUT2D eigenvalue weighted by Gasteiger charge is 2.26. The molecule has 6 nitrogen and oxygen atoms in total. The fraction of sp³-hybridized carbons (Fsp3) is 0.318. The van der Waals surface area contributed by atoms with E-state index in [4.69, 9.17) is 0 Å². The fourth-order valence-electron chi connectivity index (χ4n) is 3.75. The van der Waals surface area contributed by atoms with Crippen LogP contribution in [0.2, 0.25) is 0 Å². The molecule has 1 aromatic heterocycles. The third-order valence-electron chi connectivity index (χ3n) is 5.34. The number of aromatic nitrogens is 2. The number of hydrogen-bond acceptors (Lipinski definition) is 3. The number of para-hydroxylation sites is 2. The minimum Gasteiger partial charge on any atom is -0.342 e. The number of benzene rings is 2. The predicted molar refractivity (Wildman–Crippen MR) is 109 cm³/mol. The summed E-state index contributed by atoms with van der Waals surface area (Å²) in [7, 11) is 0. The third kappa shape index (κ3) is 3.91. The number of carbonyl (C=O) groups excluding carboxylic acids is 2. The number of piperidine rings is 1. The number of fused-ring (bicyclic) bond motifs is 1. The van der Waals surface area contributed by atoms with Crippen LogP contribution in [0.4, 0.5) is 5.69 Å². The monoisotopic (exact) mass is 376 g/mol. The summed E-state index contributed by atoms with van der Waals surface area (Å²) in [5, 5.41) is 2.99. The van der Waals surface area contributed by atoms with Gasteiger partial charge in [0.2, 0.25) is 11.8 Å². The second kappa shape index (κ2) is 7.84. The quantitative estimate of drug-likeness (QED) is 0.760. The van der Waals surface area contributed by atoms with Crippen molar-refractivity contribution < 1.29 is 9.59 Å². The molecule has 2 aromatic carbocycles. The summed E-state index contributed by atoms with van der Waals surface area (Å²) in [4.78, 5) is 30.3. The number of imidazole rings is 1. The topological polar surface area (TPSA) is 67.2 Å². The van der Waals surface area contributed by atoms with E-state index < -0.39 is 0 Å². The Hall–Kier alpha value is -3.15. The summed E-state index contributed by atoms with van der Waals surface area (Å²) in [5.41, 5.74) is 4.01. The van der Waals surface area contributed by atoms with Crippen LogP contribution >= 0.6 is 0 Å². The molecule has 1 aliphatic rings. The van der Waals surface area contributed by atoms with Crippen molar-refractivity contribution in [1.82, 2.24) is 14.5 Å². The lowest BCUT2D eigenvalue weighted by Gasteiger charge is -2.31. The SMILES string of the molecule is CC(=O)N1CCCC(C(=O)Nc2ccc(Cn3cnc4ccccc43)cc2)C1. The van der Waals surface area contributed by atoms with E-state index in [2.05, 4.69) is 20.9 Å². The molecule has 2 heterocycles. The van der Waals surface area contributed by atoms with Gasteiger partial charge in [-0.2, -0.15) is 0 Å². The zero-order valence-electron chi connectivity index (χ0n) is 16.0. The van der Waals surface area contributed by atoms with Crippen LogP contribution in [0.15, 0.2) is 54.9 Å². The molecule has 1 atom stereocenters. The Morgan fingerprint density at radius 3 is 2.71 bits per heavy atom. The van der Waals surface area contributed by atoms with Crippen molar-refractivity contribution in [2.24, 2.45) is 5.92 Å². The molecule has 1 N–H and O–H groups in total. The average Bonchev–Trinajstić information content (AvgIpc) is 3.12. The minimum absolute atomic E-state index is 0.0145. The Labute approximate surface area is 164 Å². The lowest BCUT2D eigenvalue weighted by atomic mass is 9.97. The van der Waals surface area contributed by atoms with E-state index in [0.29, 0.717) is 6.54 Å². The molecule has 0 spiro atoms. The summed E-state index contributed by atoms with van der Waals surface area (Å²) in [6.45, 7) is 3.54. The molecule has 6 heteroatoms. The summed E-state index contributed by atoms with van der Waals surface area (Å²) in [6, 6.07) is 16.0. The van der Waals surface area contributed by atoms with Crippen molar-refractivity contribution in [3.63, 3.8) is 0 Å². The van der Waals surface area contributed by atoms with E-state index in [9.17, 15) is 9.59 Å². The van der Waals surface area contributed by atoms with Crippen molar-refractivity contribution in [3.05, 3.63) is 60.4 Å². The van der Waals surface area contributed by atoms with Gasteiger partial charge in [-0.25, -0.2) is 4.98 Å². The predicted octanol–water partition coefficient (Wildman–Crippen LogP) is 3.28. The van der Waals surface area contributed by atoms with Gasteiger partial charge >= 0.3 is 0 Å². The maximum absolute atomic E-state index is 12.6. The Kier molecular flexibility index (Phi) is 5.10. The largest absolute Gasteiger partial charge is 0.342 e. The van der Waals surface area contributed by atoms with Crippen molar-refractivity contribution in [2.45, 2.75) is 26.3 Å². The number of carbonyl (C=O) groups is 2.